The summed E-state index contributed by atoms with van der Waals surface area (Å²) in [6.45, 7) is 2.67. The zero-order valence-corrected chi connectivity index (χ0v) is 8.81. The van der Waals surface area contributed by atoms with Crippen LogP contribution in [0.4, 0.5) is 0 Å². The summed E-state index contributed by atoms with van der Waals surface area (Å²) in [6.07, 6.45) is 2.84. The van der Waals surface area contributed by atoms with Gasteiger partial charge in [-0.2, -0.15) is 5.26 Å². The molecule has 0 fully saturated rings. The van der Waals surface area contributed by atoms with Crippen molar-refractivity contribution >= 4 is 0 Å². The summed E-state index contributed by atoms with van der Waals surface area (Å²) in [6, 6.07) is 5.28. The number of pyridine rings is 1. The van der Waals surface area contributed by atoms with Crippen molar-refractivity contribution in [2.75, 3.05) is 6.61 Å². The molecule has 0 spiro atoms. The van der Waals surface area contributed by atoms with Crippen molar-refractivity contribution < 1.29 is 4.74 Å². The predicted molar refractivity (Wildman–Crippen MR) is 57.2 cm³/mol. The van der Waals surface area contributed by atoms with E-state index in [4.69, 9.17) is 15.7 Å². The molecule has 15 heavy (non-hydrogen) atoms. The molecule has 4 nitrogen and oxygen atoms in total. The first-order valence-electron chi connectivity index (χ1n) is 4.99. The lowest BCUT2D eigenvalue weighted by Crippen LogP contribution is -2.13. The molecule has 0 saturated carbocycles. The van der Waals surface area contributed by atoms with Gasteiger partial charge in [0.05, 0.1) is 30.8 Å². The first-order chi connectivity index (χ1) is 7.29. The molecule has 0 aromatic carbocycles. The van der Waals surface area contributed by atoms with Crippen LogP contribution in [0, 0.1) is 11.3 Å². The van der Waals surface area contributed by atoms with Crippen molar-refractivity contribution in [1.82, 2.24) is 4.98 Å². The number of hydrogen-bond acceptors (Lipinski definition) is 4. The van der Waals surface area contributed by atoms with Crippen molar-refractivity contribution in [3.8, 4) is 11.8 Å². The summed E-state index contributed by atoms with van der Waals surface area (Å²) >= 11 is 0. The minimum absolute atomic E-state index is 0.250. The van der Waals surface area contributed by atoms with Gasteiger partial charge in [0.2, 0.25) is 0 Å². The summed E-state index contributed by atoms with van der Waals surface area (Å²) in [7, 11) is 0. The molecular formula is C11H15N3O. The van der Waals surface area contributed by atoms with Gasteiger partial charge in [-0.25, -0.2) is 0 Å². The molecule has 0 radical (unpaired) electrons. The highest BCUT2D eigenvalue weighted by molar-refractivity contribution is 5.29. The monoisotopic (exact) mass is 205 g/mol. The molecule has 1 aromatic rings. The largest absolute Gasteiger partial charge is 0.492 e. The number of ether oxygens (including phenoxy) is 1. The van der Waals surface area contributed by atoms with Crippen LogP contribution in [0.3, 0.4) is 0 Å². The Morgan fingerprint density at radius 2 is 2.47 bits per heavy atom. The highest BCUT2D eigenvalue weighted by Gasteiger charge is 2.12. The van der Waals surface area contributed by atoms with E-state index in [1.165, 1.54) is 0 Å². The molecule has 1 rings (SSSR count). The van der Waals surface area contributed by atoms with Crippen LogP contribution >= 0.6 is 0 Å². The maximum Gasteiger partial charge on any atom is 0.142 e. The third-order valence-corrected chi connectivity index (χ3v) is 1.92. The molecule has 1 heterocycles. The number of rotatable bonds is 5. The Balaban J connectivity index is 2.81. The van der Waals surface area contributed by atoms with Gasteiger partial charge in [0.1, 0.15) is 5.75 Å². The topological polar surface area (TPSA) is 71.9 Å². The lowest BCUT2D eigenvalue weighted by atomic mass is 10.1. The minimum atomic E-state index is -0.372. The number of aromatic nitrogens is 1. The van der Waals surface area contributed by atoms with Crippen LogP contribution < -0.4 is 10.5 Å². The van der Waals surface area contributed by atoms with E-state index in [2.05, 4.69) is 4.98 Å². The third-order valence-electron chi connectivity index (χ3n) is 1.92. The Bertz CT molecular complexity index is 346. The second-order valence-electron chi connectivity index (χ2n) is 3.20. The van der Waals surface area contributed by atoms with E-state index >= 15 is 0 Å². The maximum absolute atomic E-state index is 8.57. The number of hydrogen-bond donors (Lipinski definition) is 1. The Hall–Kier alpha value is -1.60. The van der Waals surface area contributed by atoms with Crippen LogP contribution in [-0.2, 0) is 0 Å². The van der Waals surface area contributed by atoms with E-state index in [1.807, 2.05) is 19.1 Å². The fraction of sp³-hybridized carbons (Fsp3) is 0.455. The highest BCUT2D eigenvalue weighted by Crippen LogP contribution is 2.22. The van der Waals surface area contributed by atoms with E-state index in [0.29, 0.717) is 18.1 Å². The van der Waals surface area contributed by atoms with Crippen LogP contribution in [-0.4, -0.2) is 11.6 Å². The molecule has 80 valence electrons. The van der Waals surface area contributed by atoms with Crippen LogP contribution in [0.25, 0.3) is 0 Å². The maximum atomic E-state index is 8.57. The first kappa shape index (κ1) is 11.5. The molecule has 0 saturated heterocycles. The smallest absolute Gasteiger partial charge is 0.142 e. The molecule has 0 aliphatic heterocycles. The lowest BCUT2D eigenvalue weighted by molar-refractivity contribution is 0.310. The Kier molecular flexibility index (Phi) is 4.58. The normalized spacial score (nSPS) is 11.8. The van der Waals surface area contributed by atoms with Crippen LogP contribution in [0.2, 0.25) is 0 Å². The van der Waals surface area contributed by atoms with Gasteiger partial charge in [-0.05, 0) is 18.6 Å². The SMILES string of the molecule is CCCOc1cccnc1[C@H](N)CC#N. The first-order valence-corrected chi connectivity index (χ1v) is 4.99. The van der Waals surface area contributed by atoms with E-state index in [9.17, 15) is 0 Å². The summed E-state index contributed by atoms with van der Waals surface area (Å²) in [5.74, 6) is 0.683. The summed E-state index contributed by atoms with van der Waals surface area (Å²) in [5.41, 5.74) is 6.47. The molecule has 0 unspecified atom stereocenters. The Morgan fingerprint density at radius 1 is 1.67 bits per heavy atom. The quantitative estimate of drug-likeness (QED) is 0.795. The molecule has 0 amide bonds. The van der Waals surface area contributed by atoms with E-state index in [1.54, 1.807) is 12.3 Å². The molecule has 1 atom stereocenters. The number of nitriles is 1. The van der Waals surface area contributed by atoms with Crippen molar-refractivity contribution in [1.29, 1.82) is 5.26 Å². The van der Waals surface area contributed by atoms with E-state index in [-0.39, 0.29) is 12.5 Å². The standard InChI is InChI=1S/C11H15N3O/c1-2-8-15-10-4-3-7-14-11(10)9(13)5-6-12/h3-4,7,9H,2,5,8,13H2,1H3/t9-/m1/s1. The fourth-order valence-electron chi connectivity index (χ4n) is 1.21. The highest BCUT2D eigenvalue weighted by atomic mass is 16.5. The van der Waals surface area contributed by atoms with Gasteiger partial charge in [0, 0.05) is 6.20 Å². The van der Waals surface area contributed by atoms with Gasteiger partial charge in [-0.15, -0.1) is 0 Å². The Labute approximate surface area is 89.7 Å². The van der Waals surface area contributed by atoms with Gasteiger partial charge in [-0.3, -0.25) is 4.98 Å². The second kappa shape index (κ2) is 5.99. The van der Waals surface area contributed by atoms with Crippen LogP contribution in [0.1, 0.15) is 31.5 Å². The molecule has 0 bridgehead atoms. The molecule has 4 heteroatoms. The molecular weight excluding hydrogens is 190 g/mol. The zero-order chi connectivity index (χ0) is 11.1. The molecule has 0 aliphatic carbocycles. The molecule has 2 N–H and O–H groups in total. The zero-order valence-electron chi connectivity index (χ0n) is 8.81. The summed E-state index contributed by atoms with van der Waals surface area (Å²) in [4.78, 5) is 4.15. The second-order valence-corrected chi connectivity index (χ2v) is 3.20. The lowest BCUT2D eigenvalue weighted by Gasteiger charge is -2.12. The minimum Gasteiger partial charge on any atom is -0.492 e. The van der Waals surface area contributed by atoms with E-state index in [0.717, 1.165) is 6.42 Å². The average molecular weight is 205 g/mol. The molecule has 1 aromatic heterocycles. The van der Waals surface area contributed by atoms with E-state index < -0.39 is 0 Å². The van der Waals surface area contributed by atoms with Crippen molar-refractivity contribution in [3.63, 3.8) is 0 Å². The molecule has 0 aliphatic rings. The number of nitrogens with zero attached hydrogens (tertiary/aromatic N) is 2. The summed E-state index contributed by atoms with van der Waals surface area (Å²) in [5, 5.41) is 8.57. The summed E-state index contributed by atoms with van der Waals surface area (Å²) < 4.78 is 5.50. The number of nitrogens with two attached hydrogens (primary N) is 1. The Morgan fingerprint density at radius 3 is 3.13 bits per heavy atom. The average Bonchev–Trinajstić information content (AvgIpc) is 2.27. The van der Waals surface area contributed by atoms with Gasteiger partial charge in [0.15, 0.2) is 0 Å². The van der Waals surface area contributed by atoms with Gasteiger partial charge in [-0.1, -0.05) is 6.92 Å². The predicted octanol–water partition coefficient (Wildman–Crippen LogP) is 1.78. The van der Waals surface area contributed by atoms with Gasteiger partial charge in [0.25, 0.3) is 0 Å². The van der Waals surface area contributed by atoms with Crippen molar-refractivity contribution in [3.05, 3.63) is 24.0 Å². The van der Waals surface area contributed by atoms with Crippen molar-refractivity contribution in [2.24, 2.45) is 5.73 Å². The van der Waals surface area contributed by atoms with Crippen molar-refractivity contribution in [2.45, 2.75) is 25.8 Å². The fourth-order valence-corrected chi connectivity index (χ4v) is 1.21. The van der Waals surface area contributed by atoms with Crippen LogP contribution in [0.15, 0.2) is 18.3 Å². The van der Waals surface area contributed by atoms with Gasteiger partial charge >= 0.3 is 0 Å². The van der Waals surface area contributed by atoms with Gasteiger partial charge < -0.3 is 10.5 Å². The third kappa shape index (κ3) is 3.22. The van der Waals surface area contributed by atoms with Crippen LogP contribution in [0.5, 0.6) is 5.75 Å².